The molecule has 9 heteroatoms. The SMILES string of the molecule is O=S(=O)([O-])CCCS(=O)(=O)[O-].[Ag]. The van der Waals surface area contributed by atoms with Crippen molar-refractivity contribution in [3.05, 3.63) is 0 Å². The van der Waals surface area contributed by atoms with Crippen LogP contribution in [0.2, 0.25) is 0 Å². The summed E-state index contributed by atoms with van der Waals surface area (Å²) in [5.41, 5.74) is 0. The summed E-state index contributed by atoms with van der Waals surface area (Å²) in [5, 5.41) is 0. The third-order valence-electron chi connectivity index (χ3n) is 0.789. The van der Waals surface area contributed by atoms with Crippen molar-refractivity contribution in [2.24, 2.45) is 0 Å². The van der Waals surface area contributed by atoms with Crippen LogP contribution >= 0.6 is 0 Å². The van der Waals surface area contributed by atoms with E-state index in [0.717, 1.165) is 0 Å². The van der Waals surface area contributed by atoms with Crippen molar-refractivity contribution in [1.29, 1.82) is 0 Å². The van der Waals surface area contributed by atoms with Gasteiger partial charge in [0.05, 0.1) is 20.2 Å². The zero-order valence-electron chi connectivity index (χ0n) is 5.69. The van der Waals surface area contributed by atoms with Gasteiger partial charge in [-0.3, -0.25) is 0 Å². The predicted octanol–water partition coefficient (Wildman–Crippen LogP) is -1.54. The molecule has 6 nitrogen and oxygen atoms in total. The molecule has 0 rings (SSSR count). The maximum Gasteiger partial charge on any atom is 0.0946 e. The van der Waals surface area contributed by atoms with E-state index in [1.165, 1.54) is 0 Å². The average Bonchev–Trinajstić information content (AvgIpc) is 1.55. The van der Waals surface area contributed by atoms with E-state index in [4.69, 9.17) is 0 Å². The second-order valence-corrected chi connectivity index (χ2v) is 4.92. The largest absolute Gasteiger partial charge is 0.748 e. The van der Waals surface area contributed by atoms with Gasteiger partial charge in [0.2, 0.25) is 0 Å². The van der Waals surface area contributed by atoms with Gasteiger partial charge in [0, 0.05) is 33.9 Å². The van der Waals surface area contributed by atoms with E-state index in [0.29, 0.717) is 0 Å². The van der Waals surface area contributed by atoms with Crippen LogP contribution < -0.4 is 0 Å². The van der Waals surface area contributed by atoms with Gasteiger partial charge >= 0.3 is 0 Å². The Morgan fingerprint density at radius 2 is 1.08 bits per heavy atom. The molecule has 0 atom stereocenters. The summed E-state index contributed by atoms with van der Waals surface area (Å²) >= 11 is 0. The van der Waals surface area contributed by atoms with Crippen LogP contribution in [0.5, 0.6) is 0 Å². The Hall–Kier alpha value is 0.560. The Kier molecular flexibility index (Phi) is 6.68. The van der Waals surface area contributed by atoms with Crippen LogP contribution in [0, 0.1) is 0 Å². The molecule has 0 aliphatic heterocycles. The van der Waals surface area contributed by atoms with Crippen molar-refractivity contribution in [2.45, 2.75) is 6.42 Å². The molecule has 0 unspecified atom stereocenters. The second-order valence-electron chi connectivity index (χ2n) is 1.88. The summed E-state index contributed by atoms with van der Waals surface area (Å²) in [6.45, 7) is 0. The van der Waals surface area contributed by atoms with Gasteiger partial charge in [0.1, 0.15) is 0 Å². The van der Waals surface area contributed by atoms with Crippen molar-refractivity contribution in [3.8, 4) is 0 Å². The van der Waals surface area contributed by atoms with Gasteiger partial charge in [-0.25, -0.2) is 16.8 Å². The molecule has 0 aliphatic carbocycles. The molecule has 0 spiro atoms. The van der Waals surface area contributed by atoms with E-state index in [2.05, 4.69) is 0 Å². The fraction of sp³-hybridized carbons (Fsp3) is 1.00. The number of rotatable bonds is 4. The third kappa shape index (κ3) is 13.2. The summed E-state index contributed by atoms with van der Waals surface area (Å²) in [5.74, 6) is -1.62. The molecule has 12 heavy (non-hydrogen) atoms. The van der Waals surface area contributed by atoms with Crippen molar-refractivity contribution in [2.75, 3.05) is 11.5 Å². The first-order valence-electron chi connectivity index (χ1n) is 2.58. The van der Waals surface area contributed by atoms with Crippen LogP contribution in [-0.4, -0.2) is 37.4 Å². The summed E-state index contributed by atoms with van der Waals surface area (Å²) in [6.07, 6.45) is -0.433. The molecule has 0 bridgehead atoms. The van der Waals surface area contributed by atoms with Crippen LogP contribution in [0.4, 0.5) is 0 Å². The molecule has 0 amide bonds. The van der Waals surface area contributed by atoms with Crippen LogP contribution in [-0.2, 0) is 42.6 Å². The Morgan fingerprint density at radius 1 is 0.833 bits per heavy atom. The fourth-order valence-electron chi connectivity index (χ4n) is 0.412. The van der Waals surface area contributed by atoms with E-state index < -0.39 is 38.2 Å². The smallest absolute Gasteiger partial charge is 0.0946 e. The van der Waals surface area contributed by atoms with Crippen molar-refractivity contribution >= 4 is 20.2 Å². The molecular weight excluding hydrogens is 304 g/mol. The number of hydrogen-bond acceptors (Lipinski definition) is 6. The maximum absolute atomic E-state index is 9.86. The van der Waals surface area contributed by atoms with E-state index >= 15 is 0 Å². The zero-order chi connectivity index (χ0) is 9.12. The standard InChI is InChI=1S/C3H8O6S2.Ag/c4-10(5,6)2-1-3-11(7,8)9;/h1-3H2,(H,4,5,6)(H,7,8,9);/p-2. The van der Waals surface area contributed by atoms with Crippen LogP contribution in [0.25, 0.3) is 0 Å². The van der Waals surface area contributed by atoms with Crippen molar-refractivity contribution in [3.63, 3.8) is 0 Å². The normalized spacial score (nSPS) is 12.2. The molecule has 0 saturated heterocycles. The summed E-state index contributed by atoms with van der Waals surface area (Å²) in [4.78, 5) is 0. The minimum absolute atomic E-state index is 0. The van der Waals surface area contributed by atoms with E-state index in [1.54, 1.807) is 0 Å². The zero-order valence-corrected chi connectivity index (χ0v) is 8.80. The monoisotopic (exact) mass is 309 g/mol. The fourth-order valence-corrected chi connectivity index (χ4v) is 1.59. The molecule has 0 aromatic rings. The Morgan fingerprint density at radius 3 is 1.25 bits per heavy atom. The molecule has 0 aliphatic rings. The van der Waals surface area contributed by atoms with Gasteiger partial charge < -0.3 is 9.11 Å². The van der Waals surface area contributed by atoms with Gasteiger partial charge in [-0.05, 0) is 6.42 Å². The molecule has 0 fully saturated rings. The average molecular weight is 310 g/mol. The van der Waals surface area contributed by atoms with Crippen molar-refractivity contribution < 1.29 is 48.3 Å². The predicted molar refractivity (Wildman–Crippen MR) is 33.7 cm³/mol. The molecule has 0 aromatic carbocycles. The Balaban J connectivity index is 0. The molecule has 0 N–H and O–H groups in total. The van der Waals surface area contributed by atoms with Crippen LogP contribution in [0.3, 0.4) is 0 Å². The van der Waals surface area contributed by atoms with E-state index in [-0.39, 0.29) is 22.4 Å². The molecule has 1 radical (unpaired) electrons. The summed E-state index contributed by atoms with van der Waals surface area (Å²) in [6, 6.07) is 0. The second kappa shape index (κ2) is 5.32. The summed E-state index contributed by atoms with van der Waals surface area (Å²) in [7, 11) is -8.80. The minimum atomic E-state index is -4.40. The Labute approximate surface area is 86.4 Å². The molecule has 0 saturated carbocycles. The first-order valence-corrected chi connectivity index (χ1v) is 5.73. The third-order valence-corrected chi connectivity index (χ3v) is 2.37. The first kappa shape index (κ1) is 15.1. The number of hydrogen-bond donors (Lipinski definition) is 0. The van der Waals surface area contributed by atoms with Gasteiger partial charge in [0.25, 0.3) is 0 Å². The van der Waals surface area contributed by atoms with Gasteiger partial charge in [-0.1, -0.05) is 0 Å². The quantitative estimate of drug-likeness (QED) is 0.459. The Bertz CT molecular complexity index is 270. The molecule has 0 aromatic heterocycles. The van der Waals surface area contributed by atoms with Crippen molar-refractivity contribution in [1.82, 2.24) is 0 Å². The minimum Gasteiger partial charge on any atom is -0.748 e. The van der Waals surface area contributed by atoms with E-state index in [9.17, 15) is 25.9 Å². The van der Waals surface area contributed by atoms with Gasteiger partial charge in [-0.2, -0.15) is 0 Å². The van der Waals surface area contributed by atoms with Gasteiger partial charge in [-0.15, -0.1) is 0 Å². The van der Waals surface area contributed by atoms with Gasteiger partial charge in [0.15, 0.2) is 0 Å². The summed E-state index contributed by atoms with van der Waals surface area (Å²) < 4.78 is 59.2. The molecule has 0 heterocycles. The van der Waals surface area contributed by atoms with Crippen LogP contribution in [0.15, 0.2) is 0 Å². The maximum atomic E-state index is 9.86. The topological polar surface area (TPSA) is 114 Å². The first-order chi connectivity index (χ1) is 4.71. The van der Waals surface area contributed by atoms with E-state index in [1.807, 2.05) is 0 Å². The van der Waals surface area contributed by atoms with Crippen LogP contribution in [0.1, 0.15) is 6.42 Å². The molecular formula is C3H6AgO6S2-2. The molecule has 79 valence electrons.